The van der Waals surface area contributed by atoms with E-state index in [0.29, 0.717) is 24.3 Å². The molecule has 1 saturated carbocycles. The molecule has 1 atom stereocenters. The summed E-state index contributed by atoms with van der Waals surface area (Å²) < 4.78 is 10.6. The fourth-order valence-corrected chi connectivity index (χ4v) is 3.26. The Morgan fingerprint density at radius 2 is 1.80 bits per heavy atom. The maximum atomic E-state index is 12.9. The number of hydrogen-bond donors (Lipinski definition) is 3. The molecular formula is C18H25NO6. The Kier molecular flexibility index (Phi) is 5.57. The van der Waals surface area contributed by atoms with Gasteiger partial charge in [-0.25, -0.2) is 4.79 Å². The molecule has 7 nitrogen and oxygen atoms in total. The first-order valence-electron chi connectivity index (χ1n) is 8.23. The van der Waals surface area contributed by atoms with Gasteiger partial charge in [0.1, 0.15) is 0 Å². The van der Waals surface area contributed by atoms with Gasteiger partial charge in [0.05, 0.1) is 26.2 Å². The van der Waals surface area contributed by atoms with Gasteiger partial charge < -0.3 is 25.0 Å². The molecule has 25 heavy (non-hydrogen) atoms. The maximum absolute atomic E-state index is 12.9. The summed E-state index contributed by atoms with van der Waals surface area (Å²) in [6.07, 6.45) is 3.11. The number of methoxy groups -OCH3 is 2. The number of aliphatic hydroxyl groups is 1. The number of hydrogen-bond acceptors (Lipinski definition) is 5. The molecule has 1 fully saturated rings. The van der Waals surface area contributed by atoms with Crippen LogP contribution in [0.25, 0.3) is 0 Å². The fraction of sp³-hybridized carbons (Fsp3) is 0.556. The number of aliphatic carboxylic acids is 1. The molecule has 1 aromatic rings. The average molecular weight is 351 g/mol. The van der Waals surface area contributed by atoms with E-state index in [1.165, 1.54) is 7.11 Å². The van der Waals surface area contributed by atoms with Crippen LogP contribution in [0.15, 0.2) is 18.2 Å². The first kappa shape index (κ1) is 19.1. The highest BCUT2D eigenvalue weighted by Crippen LogP contribution is 2.43. The van der Waals surface area contributed by atoms with E-state index >= 15 is 0 Å². The molecule has 0 spiro atoms. The van der Waals surface area contributed by atoms with Crippen molar-refractivity contribution in [2.24, 2.45) is 0 Å². The minimum atomic E-state index is -2.01. The van der Waals surface area contributed by atoms with E-state index in [1.807, 2.05) is 6.07 Å². The van der Waals surface area contributed by atoms with E-state index in [2.05, 4.69) is 5.32 Å². The van der Waals surface area contributed by atoms with Crippen molar-refractivity contribution in [1.29, 1.82) is 0 Å². The van der Waals surface area contributed by atoms with Gasteiger partial charge in [0.15, 0.2) is 17.1 Å². The third-order valence-electron chi connectivity index (χ3n) is 4.88. The summed E-state index contributed by atoms with van der Waals surface area (Å²) in [4.78, 5) is 23.9. The Balaban J connectivity index is 2.29. The Bertz CT molecular complexity index is 649. The summed E-state index contributed by atoms with van der Waals surface area (Å²) in [6.45, 7) is 0.809. The predicted molar refractivity (Wildman–Crippen MR) is 91.0 cm³/mol. The van der Waals surface area contributed by atoms with Crippen molar-refractivity contribution < 1.29 is 29.3 Å². The summed E-state index contributed by atoms with van der Waals surface area (Å²) in [5, 5.41) is 21.4. The van der Waals surface area contributed by atoms with E-state index in [-0.39, 0.29) is 12.5 Å². The third kappa shape index (κ3) is 3.71. The third-order valence-corrected chi connectivity index (χ3v) is 4.88. The van der Waals surface area contributed by atoms with Gasteiger partial charge in [-0.2, -0.15) is 0 Å². The number of carboxylic acid groups (broad SMARTS) is 1. The second kappa shape index (κ2) is 7.31. The lowest BCUT2D eigenvalue weighted by Gasteiger charge is -2.30. The van der Waals surface area contributed by atoms with Crippen LogP contribution in [0.1, 0.15) is 38.2 Å². The quantitative estimate of drug-likeness (QED) is 0.687. The fourth-order valence-electron chi connectivity index (χ4n) is 3.26. The predicted octanol–water partition coefficient (Wildman–Crippen LogP) is 1.47. The molecule has 138 valence electrons. The number of carbonyl (C=O) groups excluding carboxylic acids is 1. The number of carboxylic acids is 1. The summed E-state index contributed by atoms with van der Waals surface area (Å²) in [5.41, 5.74) is -1.96. The summed E-state index contributed by atoms with van der Waals surface area (Å²) in [6, 6.07) is 5.38. The largest absolute Gasteiger partial charge is 0.493 e. The van der Waals surface area contributed by atoms with Crippen LogP contribution in [0.2, 0.25) is 0 Å². The number of nitrogens with one attached hydrogen (secondary N) is 1. The molecule has 7 heteroatoms. The van der Waals surface area contributed by atoms with Gasteiger partial charge >= 0.3 is 5.97 Å². The highest BCUT2D eigenvalue weighted by Gasteiger charge is 2.44. The van der Waals surface area contributed by atoms with Crippen molar-refractivity contribution >= 4 is 11.9 Å². The lowest BCUT2D eigenvalue weighted by Crippen LogP contribution is -2.51. The minimum absolute atomic E-state index is 0.279. The Hall–Kier alpha value is -2.28. The summed E-state index contributed by atoms with van der Waals surface area (Å²) in [5.74, 6) is -0.539. The molecule has 0 aliphatic heterocycles. The number of benzene rings is 1. The molecule has 0 saturated heterocycles. The van der Waals surface area contributed by atoms with Crippen molar-refractivity contribution in [2.75, 3.05) is 20.8 Å². The van der Waals surface area contributed by atoms with Gasteiger partial charge in [0.25, 0.3) is 0 Å². The van der Waals surface area contributed by atoms with E-state index < -0.39 is 17.0 Å². The zero-order chi connectivity index (χ0) is 18.7. The molecule has 0 radical (unpaired) electrons. The zero-order valence-corrected chi connectivity index (χ0v) is 14.8. The molecule has 1 unspecified atom stereocenters. The number of carbonyl (C=O) groups is 2. The zero-order valence-electron chi connectivity index (χ0n) is 14.8. The molecule has 1 aromatic carbocycles. The highest BCUT2D eigenvalue weighted by molar-refractivity contribution is 5.89. The molecule has 1 amide bonds. The lowest BCUT2D eigenvalue weighted by atomic mass is 9.77. The minimum Gasteiger partial charge on any atom is -0.493 e. The highest BCUT2D eigenvalue weighted by atomic mass is 16.5. The molecule has 0 aromatic heterocycles. The Labute approximate surface area is 146 Å². The molecule has 0 heterocycles. The van der Waals surface area contributed by atoms with Gasteiger partial charge in [-0.3, -0.25) is 4.79 Å². The van der Waals surface area contributed by atoms with Crippen LogP contribution in [-0.2, 0) is 15.0 Å². The maximum Gasteiger partial charge on any atom is 0.337 e. The standard InChI is InChI=1S/C18H25NO6/c1-17(23,16(21)22)11-19-15(20)18(8-4-5-9-18)12-6-7-13(24-2)14(10-12)25-3/h6-7,10,23H,4-5,8-9,11H2,1-3H3,(H,19,20)(H,21,22). The molecule has 2 rings (SSSR count). The average Bonchev–Trinajstić information content (AvgIpc) is 3.10. The monoisotopic (exact) mass is 351 g/mol. The van der Waals surface area contributed by atoms with Crippen molar-refractivity contribution in [3.05, 3.63) is 23.8 Å². The molecule has 1 aliphatic rings. The molecule has 3 N–H and O–H groups in total. The summed E-state index contributed by atoms with van der Waals surface area (Å²) >= 11 is 0. The van der Waals surface area contributed by atoms with Crippen LogP contribution in [-0.4, -0.2) is 48.5 Å². The van der Waals surface area contributed by atoms with E-state index in [4.69, 9.17) is 14.6 Å². The van der Waals surface area contributed by atoms with Crippen LogP contribution in [0.5, 0.6) is 11.5 Å². The van der Waals surface area contributed by atoms with E-state index in [1.54, 1.807) is 19.2 Å². The Morgan fingerprint density at radius 1 is 1.20 bits per heavy atom. The van der Waals surface area contributed by atoms with Gasteiger partial charge in [-0.1, -0.05) is 18.9 Å². The smallest absolute Gasteiger partial charge is 0.337 e. The second-order valence-corrected chi connectivity index (χ2v) is 6.62. The van der Waals surface area contributed by atoms with Crippen molar-refractivity contribution in [1.82, 2.24) is 5.32 Å². The van der Waals surface area contributed by atoms with Crippen molar-refractivity contribution in [2.45, 2.75) is 43.6 Å². The SMILES string of the molecule is COc1ccc(C2(C(=O)NCC(C)(O)C(=O)O)CCCC2)cc1OC. The number of ether oxygens (including phenoxy) is 2. The van der Waals surface area contributed by atoms with Crippen LogP contribution >= 0.6 is 0 Å². The van der Waals surface area contributed by atoms with Gasteiger partial charge in [0, 0.05) is 0 Å². The second-order valence-electron chi connectivity index (χ2n) is 6.62. The van der Waals surface area contributed by atoms with Crippen LogP contribution in [0, 0.1) is 0 Å². The van der Waals surface area contributed by atoms with Crippen LogP contribution < -0.4 is 14.8 Å². The van der Waals surface area contributed by atoms with Gasteiger partial charge in [0.2, 0.25) is 5.91 Å². The normalized spacial score (nSPS) is 18.2. The van der Waals surface area contributed by atoms with Gasteiger partial charge in [-0.15, -0.1) is 0 Å². The van der Waals surface area contributed by atoms with Crippen molar-refractivity contribution in [3.8, 4) is 11.5 Å². The molecular weight excluding hydrogens is 326 g/mol. The first-order valence-corrected chi connectivity index (χ1v) is 8.23. The van der Waals surface area contributed by atoms with Crippen molar-refractivity contribution in [3.63, 3.8) is 0 Å². The number of amides is 1. The van der Waals surface area contributed by atoms with Crippen LogP contribution in [0.3, 0.4) is 0 Å². The molecule has 1 aliphatic carbocycles. The topological polar surface area (TPSA) is 105 Å². The lowest BCUT2D eigenvalue weighted by molar-refractivity contribution is -0.156. The summed E-state index contributed by atoms with van der Waals surface area (Å²) in [7, 11) is 3.08. The number of rotatable bonds is 7. The van der Waals surface area contributed by atoms with Crippen LogP contribution in [0.4, 0.5) is 0 Å². The van der Waals surface area contributed by atoms with E-state index in [0.717, 1.165) is 25.3 Å². The van der Waals surface area contributed by atoms with E-state index in [9.17, 15) is 14.7 Å². The molecule has 0 bridgehead atoms. The van der Waals surface area contributed by atoms with Gasteiger partial charge in [-0.05, 0) is 37.5 Å². The first-order chi connectivity index (χ1) is 11.8. The Morgan fingerprint density at radius 3 is 2.32 bits per heavy atom.